The van der Waals surface area contributed by atoms with E-state index in [1.807, 2.05) is 44.4 Å². The lowest BCUT2D eigenvalue weighted by atomic mass is 9.98. The van der Waals surface area contributed by atoms with Crippen LogP contribution in [0.2, 0.25) is 0 Å². The first-order valence-electron chi connectivity index (χ1n) is 11.7. The summed E-state index contributed by atoms with van der Waals surface area (Å²) in [4.78, 5) is 38.7. The van der Waals surface area contributed by atoms with Crippen LogP contribution >= 0.6 is 11.3 Å². The minimum absolute atomic E-state index is 0.228. The number of hydrogen-bond acceptors (Lipinski definition) is 7. The van der Waals surface area contributed by atoms with Gasteiger partial charge < -0.3 is 19.4 Å². The molecule has 4 aromatic rings. The van der Waals surface area contributed by atoms with E-state index in [2.05, 4.69) is 15.0 Å². The fourth-order valence-electron chi connectivity index (χ4n) is 4.15. The fraction of sp³-hybridized carbons (Fsp3) is 0.385. The van der Waals surface area contributed by atoms with E-state index in [1.165, 1.54) is 0 Å². The van der Waals surface area contributed by atoms with Crippen LogP contribution in [0.25, 0.3) is 32.5 Å². The SMILES string of the molecule is CC(C)(C)OC(=O)N1CCC(COc2ccc3nc(-c4cc5ccsc5cn4)[nH]c(=O)c3c2)CC1. The largest absolute Gasteiger partial charge is 0.493 e. The summed E-state index contributed by atoms with van der Waals surface area (Å²) >= 11 is 1.62. The van der Waals surface area contributed by atoms with Crippen LogP contribution in [0.3, 0.4) is 0 Å². The fourth-order valence-corrected chi connectivity index (χ4v) is 4.89. The van der Waals surface area contributed by atoms with Gasteiger partial charge in [-0.15, -0.1) is 11.3 Å². The molecular weight excluding hydrogens is 464 g/mol. The molecule has 0 atom stereocenters. The highest BCUT2D eigenvalue weighted by atomic mass is 32.1. The Labute approximate surface area is 206 Å². The molecule has 1 saturated heterocycles. The zero-order chi connectivity index (χ0) is 24.6. The average Bonchev–Trinajstić information content (AvgIpc) is 3.30. The van der Waals surface area contributed by atoms with E-state index in [-0.39, 0.29) is 11.7 Å². The van der Waals surface area contributed by atoms with Gasteiger partial charge in [-0.05, 0) is 80.6 Å². The standard InChI is InChI=1S/C26H28N4O4S/c1-26(2,3)34-25(32)30-9-6-16(7-10-30)15-33-18-4-5-20-19(13-18)24(31)29-23(28-20)21-12-17-8-11-35-22(17)14-27-21/h4-5,8,11-14,16H,6-7,9-10,15H2,1-3H3,(H,28,29,31). The van der Waals surface area contributed by atoms with Crippen molar-refractivity contribution in [1.82, 2.24) is 19.9 Å². The second kappa shape index (κ2) is 9.30. The number of carbonyl (C=O) groups is 1. The molecule has 8 nitrogen and oxygen atoms in total. The quantitative estimate of drug-likeness (QED) is 0.419. The zero-order valence-electron chi connectivity index (χ0n) is 20.0. The highest BCUT2D eigenvalue weighted by Gasteiger charge is 2.27. The molecule has 3 aromatic heterocycles. The van der Waals surface area contributed by atoms with Gasteiger partial charge in [0.2, 0.25) is 0 Å². The summed E-state index contributed by atoms with van der Waals surface area (Å²) < 4.78 is 12.6. The van der Waals surface area contributed by atoms with Crippen LogP contribution in [0.4, 0.5) is 4.79 Å². The van der Waals surface area contributed by atoms with Crippen LogP contribution in [-0.4, -0.2) is 51.2 Å². The van der Waals surface area contributed by atoms with Gasteiger partial charge in [-0.2, -0.15) is 0 Å². The average molecular weight is 493 g/mol. The van der Waals surface area contributed by atoms with Gasteiger partial charge in [-0.25, -0.2) is 9.78 Å². The number of hydrogen-bond donors (Lipinski definition) is 1. The summed E-state index contributed by atoms with van der Waals surface area (Å²) in [6, 6.07) is 9.33. The molecule has 5 rings (SSSR count). The third-order valence-electron chi connectivity index (χ3n) is 6.01. The molecule has 35 heavy (non-hydrogen) atoms. The number of ether oxygens (including phenoxy) is 2. The summed E-state index contributed by atoms with van der Waals surface area (Å²) in [7, 11) is 0. The zero-order valence-corrected chi connectivity index (χ0v) is 20.9. The van der Waals surface area contributed by atoms with Gasteiger partial charge in [-0.3, -0.25) is 9.78 Å². The topological polar surface area (TPSA) is 97.4 Å². The number of thiophene rings is 1. The Kier molecular flexibility index (Phi) is 6.19. The maximum atomic E-state index is 12.8. The molecule has 0 aliphatic carbocycles. The second-order valence-corrected chi connectivity index (χ2v) is 10.8. The van der Waals surface area contributed by atoms with Crippen LogP contribution in [0, 0.1) is 5.92 Å². The number of benzene rings is 1. The first-order chi connectivity index (χ1) is 16.7. The predicted octanol–water partition coefficient (Wildman–Crippen LogP) is 5.23. The Morgan fingerprint density at radius 1 is 1.20 bits per heavy atom. The van der Waals surface area contributed by atoms with Gasteiger partial charge in [0.25, 0.3) is 5.56 Å². The highest BCUT2D eigenvalue weighted by molar-refractivity contribution is 7.17. The maximum Gasteiger partial charge on any atom is 0.410 e. The van der Waals surface area contributed by atoms with E-state index in [4.69, 9.17) is 9.47 Å². The number of pyridine rings is 1. The van der Waals surface area contributed by atoms with Crippen molar-refractivity contribution in [3.63, 3.8) is 0 Å². The molecule has 182 valence electrons. The molecule has 0 radical (unpaired) electrons. The molecule has 4 heterocycles. The molecule has 1 fully saturated rings. The summed E-state index contributed by atoms with van der Waals surface area (Å²) in [5, 5.41) is 3.56. The van der Waals surface area contributed by atoms with Crippen LogP contribution in [0.1, 0.15) is 33.6 Å². The third kappa shape index (κ3) is 5.30. The van der Waals surface area contributed by atoms with Crippen LogP contribution in [0.5, 0.6) is 5.75 Å². The number of likely N-dealkylation sites (tertiary alicyclic amines) is 1. The van der Waals surface area contributed by atoms with Gasteiger partial charge in [0.1, 0.15) is 17.0 Å². The van der Waals surface area contributed by atoms with Gasteiger partial charge in [0.15, 0.2) is 5.82 Å². The highest BCUT2D eigenvalue weighted by Crippen LogP contribution is 2.26. The Morgan fingerprint density at radius 2 is 2.00 bits per heavy atom. The lowest BCUT2D eigenvalue weighted by Crippen LogP contribution is -2.42. The Bertz CT molecular complexity index is 1430. The third-order valence-corrected chi connectivity index (χ3v) is 6.88. The van der Waals surface area contributed by atoms with E-state index in [0.29, 0.717) is 53.8 Å². The summed E-state index contributed by atoms with van der Waals surface area (Å²) in [6.45, 7) is 7.45. The van der Waals surface area contributed by atoms with Crippen molar-refractivity contribution >= 4 is 38.4 Å². The normalized spacial score (nSPS) is 15.0. The van der Waals surface area contributed by atoms with E-state index in [9.17, 15) is 9.59 Å². The smallest absolute Gasteiger partial charge is 0.410 e. The van der Waals surface area contributed by atoms with Crippen molar-refractivity contribution in [2.75, 3.05) is 19.7 Å². The van der Waals surface area contributed by atoms with Gasteiger partial charge in [0, 0.05) is 19.3 Å². The summed E-state index contributed by atoms with van der Waals surface area (Å²) in [5.41, 5.74) is 0.504. The molecule has 1 aliphatic heterocycles. The number of aromatic nitrogens is 3. The number of nitrogens with one attached hydrogen (secondary N) is 1. The van der Waals surface area contributed by atoms with Crippen LogP contribution in [-0.2, 0) is 4.74 Å². The number of amides is 1. The molecule has 0 saturated carbocycles. The van der Waals surface area contributed by atoms with Crippen LogP contribution < -0.4 is 10.3 Å². The molecule has 1 amide bonds. The number of piperidine rings is 1. The van der Waals surface area contributed by atoms with Gasteiger partial charge in [-0.1, -0.05) is 0 Å². The number of carbonyl (C=O) groups excluding carboxylic acids is 1. The van der Waals surface area contributed by atoms with Gasteiger partial charge >= 0.3 is 6.09 Å². The number of H-pyrrole nitrogens is 1. The lowest BCUT2D eigenvalue weighted by Gasteiger charge is -2.33. The first-order valence-corrected chi connectivity index (χ1v) is 12.6. The molecule has 0 bridgehead atoms. The second-order valence-electron chi connectivity index (χ2n) is 9.84. The van der Waals surface area contributed by atoms with Crippen molar-refractivity contribution < 1.29 is 14.3 Å². The Balaban J connectivity index is 1.23. The van der Waals surface area contributed by atoms with Crippen molar-refractivity contribution in [2.24, 2.45) is 5.92 Å². The molecule has 1 aromatic carbocycles. The number of aromatic amines is 1. The van der Waals surface area contributed by atoms with Crippen molar-refractivity contribution in [3.05, 3.63) is 52.3 Å². The Morgan fingerprint density at radius 3 is 2.77 bits per heavy atom. The van der Waals surface area contributed by atoms with E-state index >= 15 is 0 Å². The van der Waals surface area contributed by atoms with Crippen molar-refractivity contribution in [3.8, 4) is 17.3 Å². The molecular formula is C26H28N4O4S. The van der Waals surface area contributed by atoms with E-state index < -0.39 is 5.60 Å². The molecule has 0 unspecified atom stereocenters. The van der Waals surface area contributed by atoms with Gasteiger partial charge in [0.05, 0.1) is 22.2 Å². The molecule has 9 heteroatoms. The van der Waals surface area contributed by atoms with Crippen LogP contribution in [0.15, 0.2) is 46.7 Å². The minimum atomic E-state index is -0.491. The summed E-state index contributed by atoms with van der Waals surface area (Å²) in [6.07, 6.45) is 3.23. The van der Waals surface area contributed by atoms with E-state index in [0.717, 1.165) is 22.9 Å². The molecule has 1 aliphatic rings. The minimum Gasteiger partial charge on any atom is -0.493 e. The summed E-state index contributed by atoms with van der Waals surface area (Å²) in [5.74, 6) is 1.41. The van der Waals surface area contributed by atoms with Crippen molar-refractivity contribution in [2.45, 2.75) is 39.2 Å². The van der Waals surface area contributed by atoms with E-state index in [1.54, 1.807) is 34.6 Å². The molecule has 1 N–H and O–H groups in total. The maximum absolute atomic E-state index is 12.8. The number of fused-ring (bicyclic) bond motifs is 2. The number of nitrogens with zero attached hydrogens (tertiary/aromatic N) is 3. The Hall–Kier alpha value is -3.46. The lowest BCUT2D eigenvalue weighted by molar-refractivity contribution is 0.0165. The molecule has 0 spiro atoms. The van der Waals surface area contributed by atoms with Crippen molar-refractivity contribution in [1.29, 1.82) is 0 Å². The first kappa shape index (κ1) is 23.3. The monoisotopic (exact) mass is 492 g/mol. The predicted molar refractivity (Wildman–Crippen MR) is 137 cm³/mol. The number of rotatable bonds is 4.